The minimum atomic E-state index is -3.38. The maximum atomic E-state index is 12.0. The first kappa shape index (κ1) is 16.0. The van der Waals surface area contributed by atoms with E-state index < -0.39 is 10.0 Å². The summed E-state index contributed by atoms with van der Waals surface area (Å²) in [5.74, 6) is 0.543. The Hall–Kier alpha value is -1.38. The van der Waals surface area contributed by atoms with Crippen molar-refractivity contribution < 1.29 is 13.2 Å². The monoisotopic (exact) mass is 329 g/mol. The van der Waals surface area contributed by atoms with Crippen molar-refractivity contribution in [2.75, 3.05) is 43.9 Å². The Balaban J connectivity index is 1.98. The van der Waals surface area contributed by atoms with Gasteiger partial charge in [0.2, 0.25) is 10.0 Å². The molecule has 8 heteroatoms. The lowest BCUT2D eigenvalue weighted by molar-refractivity contribution is 0.386. The average Bonchev–Trinajstić information content (AvgIpc) is 2.46. The minimum Gasteiger partial charge on any atom is -0.497 e. The number of nitrogens with zero attached hydrogens (tertiary/aromatic N) is 2. The van der Waals surface area contributed by atoms with Crippen molar-refractivity contribution in [2.45, 2.75) is 0 Å². The number of benzene rings is 1. The topological polar surface area (TPSA) is 75.9 Å². The van der Waals surface area contributed by atoms with E-state index in [2.05, 4.69) is 17.1 Å². The van der Waals surface area contributed by atoms with E-state index >= 15 is 0 Å². The largest absolute Gasteiger partial charge is 0.497 e. The van der Waals surface area contributed by atoms with Crippen LogP contribution in [-0.4, -0.2) is 56.8 Å². The number of thiocarbonyl (C=S) groups is 1. The molecule has 1 aliphatic rings. The van der Waals surface area contributed by atoms with E-state index in [1.165, 1.54) is 4.31 Å². The Kier molecular flexibility index (Phi) is 5.02. The third-order valence-electron chi connectivity index (χ3n) is 3.39. The predicted octanol–water partition coefficient (Wildman–Crippen LogP) is 0.433. The van der Waals surface area contributed by atoms with Crippen molar-refractivity contribution in [2.24, 2.45) is 5.73 Å². The highest BCUT2D eigenvalue weighted by atomic mass is 32.2. The van der Waals surface area contributed by atoms with Gasteiger partial charge in [-0.3, -0.25) is 0 Å². The number of methoxy groups -OCH3 is 1. The van der Waals surface area contributed by atoms with E-state index in [4.69, 9.17) is 10.5 Å². The van der Waals surface area contributed by atoms with Gasteiger partial charge in [0.05, 0.1) is 12.1 Å². The molecule has 2 rings (SSSR count). The van der Waals surface area contributed by atoms with Crippen LogP contribution in [0.4, 0.5) is 5.69 Å². The molecule has 0 radical (unpaired) electrons. The number of rotatable bonds is 5. The number of sulfonamides is 1. The molecule has 1 aromatic rings. The molecule has 0 amide bonds. The van der Waals surface area contributed by atoms with E-state index in [0.29, 0.717) is 26.2 Å². The molecule has 0 aromatic heterocycles. The van der Waals surface area contributed by atoms with Crippen molar-refractivity contribution in [3.05, 3.63) is 24.3 Å². The van der Waals surface area contributed by atoms with Crippen LogP contribution in [0.5, 0.6) is 5.75 Å². The highest BCUT2D eigenvalue weighted by Gasteiger charge is 2.27. The van der Waals surface area contributed by atoms with Gasteiger partial charge in [0.25, 0.3) is 0 Å². The number of nitrogens with two attached hydrogens (primary N) is 1. The predicted molar refractivity (Wildman–Crippen MR) is 87.4 cm³/mol. The van der Waals surface area contributed by atoms with E-state index in [0.717, 1.165) is 11.4 Å². The molecule has 21 heavy (non-hydrogen) atoms. The Morgan fingerprint density at radius 3 is 2.29 bits per heavy atom. The molecule has 1 heterocycles. The molecule has 0 saturated carbocycles. The molecule has 0 unspecified atom stereocenters. The Morgan fingerprint density at radius 2 is 1.81 bits per heavy atom. The number of hydrogen-bond donors (Lipinski definition) is 1. The van der Waals surface area contributed by atoms with Crippen LogP contribution in [0, 0.1) is 0 Å². The fourth-order valence-electron chi connectivity index (χ4n) is 2.29. The Bertz CT molecular complexity index is 594. The van der Waals surface area contributed by atoms with Gasteiger partial charge in [-0.2, -0.15) is 4.31 Å². The van der Waals surface area contributed by atoms with Crippen LogP contribution >= 0.6 is 12.2 Å². The van der Waals surface area contributed by atoms with Gasteiger partial charge in [0.1, 0.15) is 11.5 Å². The standard InChI is InChI=1S/C13H19N3O3S2/c1-19-12-4-2-11(3-5-12)15-6-8-16(9-7-15)21(17,18)10-13(14)20/h2-5H,6-10H2,1H3,(H2,14,20). The molecule has 0 atom stereocenters. The third-order valence-corrected chi connectivity index (χ3v) is 5.55. The van der Waals surface area contributed by atoms with Crippen molar-refractivity contribution in [1.82, 2.24) is 4.31 Å². The first-order chi connectivity index (χ1) is 9.92. The summed E-state index contributed by atoms with van der Waals surface area (Å²) in [5.41, 5.74) is 6.39. The highest BCUT2D eigenvalue weighted by molar-refractivity contribution is 7.92. The molecule has 116 valence electrons. The first-order valence-corrected chi connectivity index (χ1v) is 8.59. The van der Waals surface area contributed by atoms with Gasteiger partial charge >= 0.3 is 0 Å². The van der Waals surface area contributed by atoms with Crippen molar-refractivity contribution >= 4 is 32.9 Å². The summed E-state index contributed by atoms with van der Waals surface area (Å²) in [5, 5.41) is 0. The molecular formula is C13H19N3O3S2. The quantitative estimate of drug-likeness (QED) is 0.790. The summed E-state index contributed by atoms with van der Waals surface area (Å²) in [7, 11) is -1.75. The zero-order chi connectivity index (χ0) is 15.5. The van der Waals surface area contributed by atoms with Gasteiger partial charge in [0, 0.05) is 31.9 Å². The lowest BCUT2D eigenvalue weighted by Crippen LogP contribution is -2.50. The number of piperazine rings is 1. The summed E-state index contributed by atoms with van der Waals surface area (Å²) in [6.45, 7) is 2.17. The van der Waals surface area contributed by atoms with Gasteiger partial charge in [-0.05, 0) is 24.3 Å². The van der Waals surface area contributed by atoms with E-state index in [1.807, 2.05) is 24.3 Å². The molecule has 1 fully saturated rings. The van der Waals surface area contributed by atoms with Crippen molar-refractivity contribution in [3.63, 3.8) is 0 Å². The SMILES string of the molecule is COc1ccc(N2CCN(S(=O)(=O)CC(N)=S)CC2)cc1. The molecule has 6 nitrogen and oxygen atoms in total. The first-order valence-electron chi connectivity index (χ1n) is 6.57. The fourth-order valence-corrected chi connectivity index (χ4v) is 4.00. The summed E-state index contributed by atoms with van der Waals surface area (Å²) >= 11 is 4.69. The molecule has 1 aliphatic heterocycles. The van der Waals surface area contributed by atoms with Crippen LogP contribution in [-0.2, 0) is 10.0 Å². The Labute approximate surface area is 130 Å². The van der Waals surface area contributed by atoms with Crippen LogP contribution in [0.3, 0.4) is 0 Å². The van der Waals surface area contributed by atoms with E-state index in [9.17, 15) is 8.42 Å². The van der Waals surface area contributed by atoms with Crippen LogP contribution < -0.4 is 15.4 Å². The van der Waals surface area contributed by atoms with Crippen LogP contribution in [0.25, 0.3) is 0 Å². The van der Waals surface area contributed by atoms with Crippen molar-refractivity contribution in [1.29, 1.82) is 0 Å². The second-order valence-electron chi connectivity index (χ2n) is 4.81. The van der Waals surface area contributed by atoms with E-state index in [1.54, 1.807) is 7.11 Å². The second-order valence-corrected chi connectivity index (χ2v) is 7.30. The molecule has 1 saturated heterocycles. The average molecular weight is 329 g/mol. The third kappa shape index (κ3) is 4.05. The number of hydrogen-bond acceptors (Lipinski definition) is 5. The summed E-state index contributed by atoms with van der Waals surface area (Å²) in [6, 6.07) is 7.73. The van der Waals surface area contributed by atoms with Gasteiger partial charge in [-0.15, -0.1) is 0 Å². The maximum Gasteiger partial charge on any atom is 0.220 e. The van der Waals surface area contributed by atoms with Crippen LogP contribution in [0.2, 0.25) is 0 Å². The number of anilines is 1. The Morgan fingerprint density at radius 1 is 1.24 bits per heavy atom. The van der Waals surface area contributed by atoms with Crippen molar-refractivity contribution in [3.8, 4) is 5.75 Å². The van der Waals surface area contributed by atoms with Gasteiger partial charge in [-0.1, -0.05) is 12.2 Å². The number of ether oxygens (including phenoxy) is 1. The molecule has 1 aromatic carbocycles. The van der Waals surface area contributed by atoms with Gasteiger partial charge < -0.3 is 15.4 Å². The highest BCUT2D eigenvalue weighted by Crippen LogP contribution is 2.21. The van der Waals surface area contributed by atoms with Gasteiger partial charge in [-0.25, -0.2) is 8.42 Å². The molecule has 0 aliphatic carbocycles. The zero-order valence-corrected chi connectivity index (χ0v) is 13.5. The van der Waals surface area contributed by atoms with Crippen LogP contribution in [0.1, 0.15) is 0 Å². The minimum absolute atomic E-state index is 0.00702. The normalized spacial score (nSPS) is 16.7. The van der Waals surface area contributed by atoms with E-state index in [-0.39, 0.29) is 10.7 Å². The molecule has 2 N–H and O–H groups in total. The van der Waals surface area contributed by atoms with Crippen LogP contribution in [0.15, 0.2) is 24.3 Å². The molecule has 0 spiro atoms. The summed E-state index contributed by atoms with van der Waals surface area (Å²) < 4.78 is 30.7. The lowest BCUT2D eigenvalue weighted by Gasteiger charge is -2.35. The summed E-state index contributed by atoms with van der Waals surface area (Å²) in [6.07, 6.45) is 0. The fraction of sp³-hybridized carbons (Fsp3) is 0.462. The maximum absolute atomic E-state index is 12.0. The smallest absolute Gasteiger partial charge is 0.220 e. The summed E-state index contributed by atoms with van der Waals surface area (Å²) in [4.78, 5) is 2.15. The molecular weight excluding hydrogens is 310 g/mol. The zero-order valence-electron chi connectivity index (χ0n) is 11.9. The lowest BCUT2D eigenvalue weighted by atomic mass is 10.2. The molecule has 0 bridgehead atoms. The van der Waals surface area contributed by atoms with Gasteiger partial charge in [0.15, 0.2) is 0 Å². The second kappa shape index (κ2) is 6.59.